The highest BCUT2D eigenvalue weighted by molar-refractivity contribution is 5.28. The van der Waals surface area contributed by atoms with Crippen LogP contribution in [-0.4, -0.2) is 6.36 Å². The van der Waals surface area contributed by atoms with Crippen molar-refractivity contribution < 1.29 is 22.6 Å². The number of rotatable bonds is 4. The monoisotopic (exact) mass is 268 g/mol. The third kappa shape index (κ3) is 4.54. The van der Waals surface area contributed by atoms with E-state index in [2.05, 4.69) is 4.74 Å². The van der Waals surface area contributed by atoms with Crippen molar-refractivity contribution in [1.29, 1.82) is 0 Å². The first-order valence-corrected chi connectivity index (χ1v) is 5.55. The van der Waals surface area contributed by atoms with Crippen LogP contribution in [0.15, 0.2) is 54.6 Å². The lowest BCUT2D eigenvalue weighted by Crippen LogP contribution is -2.17. The van der Waals surface area contributed by atoms with Crippen LogP contribution in [0.25, 0.3) is 0 Å². The summed E-state index contributed by atoms with van der Waals surface area (Å²) in [6, 6.07) is 14.8. The maximum atomic E-state index is 12.0. The number of alkyl halides is 3. The molecule has 0 aliphatic rings. The number of ether oxygens (including phenoxy) is 2. The predicted molar refractivity (Wildman–Crippen MR) is 63.9 cm³/mol. The number of halogens is 3. The summed E-state index contributed by atoms with van der Waals surface area (Å²) in [6.45, 7) is 0.288. The van der Waals surface area contributed by atoms with Gasteiger partial charge in [0.05, 0.1) is 0 Å². The summed E-state index contributed by atoms with van der Waals surface area (Å²) in [4.78, 5) is 0. The van der Waals surface area contributed by atoms with E-state index < -0.39 is 6.36 Å². The van der Waals surface area contributed by atoms with E-state index in [0.29, 0.717) is 5.75 Å². The minimum absolute atomic E-state index is 0.240. The molecule has 0 aliphatic heterocycles. The van der Waals surface area contributed by atoms with E-state index in [-0.39, 0.29) is 12.4 Å². The average molecular weight is 268 g/mol. The van der Waals surface area contributed by atoms with Crippen molar-refractivity contribution in [3.63, 3.8) is 0 Å². The molecular formula is C14H11F3O2. The van der Waals surface area contributed by atoms with Crippen LogP contribution < -0.4 is 9.47 Å². The summed E-state index contributed by atoms with van der Waals surface area (Å²) in [5.41, 5.74) is 0.762. The van der Waals surface area contributed by atoms with Gasteiger partial charge >= 0.3 is 6.36 Å². The Hall–Kier alpha value is -2.17. The number of benzene rings is 2. The van der Waals surface area contributed by atoms with Gasteiger partial charge in [-0.2, -0.15) is 0 Å². The fourth-order valence-corrected chi connectivity index (χ4v) is 1.47. The maximum Gasteiger partial charge on any atom is 0.573 e. The fraction of sp³-hybridized carbons (Fsp3) is 0.143. The lowest BCUT2D eigenvalue weighted by atomic mass is 10.2. The molecule has 0 fully saturated rings. The molecular weight excluding hydrogens is 257 g/mol. The highest BCUT2D eigenvalue weighted by Gasteiger charge is 2.30. The van der Waals surface area contributed by atoms with Crippen molar-refractivity contribution in [2.24, 2.45) is 0 Å². The zero-order chi connectivity index (χ0) is 13.7. The summed E-state index contributed by atoms with van der Waals surface area (Å²) >= 11 is 0. The summed E-state index contributed by atoms with van der Waals surface area (Å²) in [7, 11) is 0. The summed E-state index contributed by atoms with van der Waals surface area (Å²) in [5, 5.41) is 0. The Morgan fingerprint density at radius 3 is 2.00 bits per heavy atom. The quantitative estimate of drug-likeness (QED) is 0.828. The number of para-hydroxylation sites is 1. The van der Waals surface area contributed by atoms with Gasteiger partial charge in [-0.05, 0) is 29.8 Å². The van der Waals surface area contributed by atoms with E-state index in [1.165, 1.54) is 24.3 Å². The molecule has 0 N–H and O–H groups in total. The van der Waals surface area contributed by atoms with Crippen molar-refractivity contribution in [2.45, 2.75) is 13.0 Å². The number of hydrogen-bond donors (Lipinski definition) is 0. The van der Waals surface area contributed by atoms with Gasteiger partial charge < -0.3 is 9.47 Å². The Bertz CT molecular complexity index is 506. The molecule has 0 atom stereocenters. The summed E-state index contributed by atoms with van der Waals surface area (Å²) in [5.74, 6) is 0.467. The van der Waals surface area contributed by atoms with Gasteiger partial charge in [0.25, 0.3) is 0 Å². The van der Waals surface area contributed by atoms with Crippen LogP contribution in [0.2, 0.25) is 0 Å². The molecule has 0 unspecified atom stereocenters. The minimum atomic E-state index is -4.66. The highest BCUT2D eigenvalue weighted by atomic mass is 19.4. The molecule has 0 saturated heterocycles. The second-order valence-corrected chi connectivity index (χ2v) is 3.79. The van der Waals surface area contributed by atoms with Crippen molar-refractivity contribution in [3.8, 4) is 11.5 Å². The minimum Gasteiger partial charge on any atom is -0.489 e. The highest BCUT2D eigenvalue weighted by Crippen LogP contribution is 2.23. The first-order chi connectivity index (χ1) is 9.03. The predicted octanol–water partition coefficient (Wildman–Crippen LogP) is 4.16. The second-order valence-electron chi connectivity index (χ2n) is 3.79. The van der Waals surface area contributed by atoms with E-state index in [9.17, 15) is 13.2 Å². The Morgan fingerprint density at radius 2 is 1.42 bits per heavy atom. The van der Waals surface area contributed by atoms with E-state index in [1.807, 2.05) is 18.2 Å². The van der Waals surface area contributed by atoms with Gasteiger partial charge in [-0.3, -0.25) is 0 Å². The van der Waals surface area contributed by atoms with Crippen molar-refractivity contribution >= 4 is 0 Å². The van der Waals surface area contributed by atoms with E-state index in [0.717, 1.165) is 5.56 Å². The smallest absolute Gasteiger partial charge is 0.489 e. The van der Waals surface area contributed by atoms with Crippen LogP contribution in [0.1, 0.15) is 5.56 Å². The third-order valence-electron chi connectivity index (χ3n) is 2.31. The molecule has 0 saturated carbocycles. The molecule has 0 amide bonds. The van der Waals surface area contributed by atoms with Gasteiger partial charge in [0.15, 0.2) is 0 Å². The van der Waals surface area contributed by atoms with Crippen LogP contribution in [0.5, 0.6) is 11.5 Å². The van der Waals surface area contributed by atoms with Gasteiger partial charge in [-0.1, -0.05) is 30.3 Å². The molecule has 0 bridgehead atoms. The topological polar surface area (TPSA) is 18.5 Å². The molecule has 2 nitrogen and oxygen atoms in total. The van der Waals surface area contributed by atoms with Gasteiger partial charge in [-0.15, -0.1) is 13.2 Å². The van der Waals surface area contributed by atoms with Crippen molar-refractivity contribution in [3.05, 3.63) is 60.2 Å². The van der Waals surface area contributed by atoms with Crippen molar-refractivity contribution in [2.75, 3.05) is 0 Å². The fourth-order valence-electron chi connectivity index (χ4n) is 1.47. The van der Waals surface area contributed by atoms with E-state index in [4.69, 9.17) is 4.74 Å². The average Bonchev–Trinajstić information content (AvgIpc) is 2.37. The molecule has 19 heavy (non-hydrogen) atoms. The molecule has 2 rings (SSSR count). The summed E-state index contributed by atoms with van der Waals surface area (Å²) in [6.07, 6.45) is -4.66. The third-order valence-corrected chi connectivity index (χ3v) is 2.31. The standard InChI is InChI=1S/C14H11F3O2/c15-14(16,17)19-13-8-6-11(7-9-13)10-18-12-4-2-1-3-5-12/h1-9H,10H2. The number of hydrogen-bond acceptors (Lipinski definition) is 2. The summed E-state index contributed by atoms with van der Waals surface area (Å²) < 4.78 is 45.1. The Morgan fingerprint density at radius 1 is 0.789 bits per heavy atom. The molecule has 0 aliphatic carbocycles. The molecule has 0 heterocycles. The Labute approximate surface area is 108 Å². The van der Waals surface area contributed by atoms with Gasteiger partial charge in [0.2, 0.25) is 0 Å². The van der Waals surface area contributed by atoms with Crippen molar-refractivity contribution in [1.82, 2.24) is 0 Å². The van der Waals surface area contributed by atoms with Crippen LogP contribution in [0.4, 0.5) is 13.2 Å². The van der Waals surface area contributed by atoms with Crippen LogP contribution in [0, 0.1) is 0 Å². The molecule has 0 spiro atoms. The van der Waals surface area contributed by atoms with Crippen LogP contribution in [-0.2, 0) is 6.61 Å². The SMILES string of the molecule is FC(F)(F)Oc1ccc(COc2ccccc2)cc1. The first kappa shape index (κ1) is 13.3. The maximum absolute atomic E-state index is 12.0. The Balaban J connectivity index is 1.92. The van der Waals surface area contributed by atoms with Crippen LogP contribution in [0.3, 0.4) is 0 Å². The van der Waals surface area contributed by atoms with Gasteiger partial charge in [0, 0.05) is 0 Å². The van der Waals surface area contributed by atoms with E-state index >= 15 is 0 Å². The second kappa shape index (κ2) is 5.65. The Kier molecular flexibility index (Phi) is 3.94. The molecule has 2 aromatic rings. The zero-order valence-electron chi connectivity index (χ0n) is 9.85. The molecule has 100 valence electrons. The lowest BCUT2D eigenvalue weighted by molar-refractivity contribution is -0.274. The van der Waals surface area contributed by atoms with Crippen LogP contribution >= 0.6 is 0 Å². The van der Waals surface area contributed by atoms with Gasteiger partial charge in [-0.25, -0.2) is 0 Å². The van der Waals surface area contributed by atoms with Gasteiger partial charge in [0.1, 0.15) is 18.1 Å². The van der Waals surface area contributed by atoms with E-state index in [1.54, 1.807) is 12.1 Å². The lowest BCUT2D eigenvalue weighted by Gasteiger charge is -2.10. The normalized spacial score (nSPS) is 11.1. The molecule has 2 aromatic carbocycles. The molecule has 0 aromatic heterocycles. The first-order valence-electron chi connectivity index (χ1n) is 5.55. The largest absolute Gasteiger partial charge is 0.573 e. The zero-order valence-corrected chi connectivity index (χ0v) is 9.85. The molecule has 0 radical (unpaired) electrons. The molecule has 5 heteroatoms.